The summed E-state index contributed by atoms with van der Waals surface area (Å²) >= 11 is 1.53. The van der Waals surface area contributed by atoms with Crippen LogP contribution in [0.4, 0.5) is 0 Å². The maximum absolute atomic E-state index is 13.4. The third kappa shape index (κ3) is 3.69. The molecule has 32 heavy (non-hydrogen) atoms. The normalized spacial score (nSPS) is 11.2. The fourth-order valence-corrected chi connectivity index (χ4v) is 4.32. The molecule has 2 aromatic heterocycles. The van der Waals surface area contributed by atoms with Gasteiger partial charge in [-0.2, -0.15) is 0 Å². The molecule has 7 nitrogen and oxygen atoms in total. The van der Waals surface area contributed by atoms with Crippen LogP contribution >= 0.6 is 11.8 Å². The van der Waals surface area contributed by atoms with Crippen LogP contribution in [0.3, 0.4) is 0 Å². The molecule has 0 fully saturated rings. The Morgan fingerprint density at radius 3 is 2.53 bits per heavy atom. The molecule has 3 aromatic carbocycles. The summed E-state index contributed by atoms with van der Waals surface area (Å²) in [4.78, 5) is 13.4. The smallest absolute Gasteiger partial charge is 0.267 e. The maximum atomic E-state index is 13.4. The Kier molecular flexibility index (Phi) is 5.51. The summed E-state index contributed by atoms with van der Waals surface area (Å²) in [6.07, 6.45) is 0. The molecule has 0 bridgehead atoms. The SMILES string of the molecule is COc1cccc(-n2c(=O)c3ccccc3n3c(SCCOc4ccccc4)nnc23)c1. The molecule has 0 spiro atoms. The van der Waals surface area contributed by atoms with Crippen LogP contribution in [0.15, 0.2) is 88.8 Å². The van der Waals surface area contributed by atoms with E-state index in [-0.39, 0.29) is 5.56 Å². The third-order valence-corrected chi connectivity index (χ3v) is 5.93. The van der Waals surface area contributed by atoms with Gasteiger partial charge in [-0.25, -0.2) is 4.57 Å². The average Bonchev–Trinajstić information content (AvgIpc) is 3.26. The molecule has 5 aromatic rings. The van der Waals surface area contributed by atoms with E-state index < -0.39 is 0 Å². The summed E-state index contributed by atoms with van der Waals surface area (Å²) in [6, 6.07) is 24.5. The summed E-state index contributed by atoms with van der Waals surface area (Å²) in [5, 5.41) is 10.0. The third-order valence-electron chi connectivity index (χ3n) is 5.03. The van der Waals surface area contributed by atoms with Crippen LogP contribution in [-0.4, -0.2) is 38.6 Å². The fraction of sp³-hybridized carbons (Fsp3) is 0.125. The van der Waals surface area contributed by atoms with Crippen LogP contribution in [-0.2, 0) is 0 Å². The zero-order valence-corrected chi connectivity index (χ0v) is 18.2. The van der Waals surface area contributed by atoms with Crippen molar-refractivity contribution in [3.8, 4) is 17.2 Å². The lowest BCUT2D eigenvalue weighted by Crippen LogP contribution is -2.21. The largest absolute Gasteiger partial charge is 0.497 e. The Morgan fingerprint density at radius 1 is 0.906 bits per heavy atom. The number of hydrogen-bond acceptors (Lipinski definition) is 6. The lowest BCUT2D eigenvalue weighted by atomic mass is 10.2. The first-order valence-corrected chi connectivity index (χ1v) is 11.1. The van der Waals surface area contributed by atoms with Crippen LogP contribution in [0.25, 0.3) is 22.4 Å². The first kappa shape index (κ1) is 20.1. The van der Waals surface area contributed by atoms with Crippen LogP contribution < -0.4 is 15.0 Å². The molecule has 160 valence electrons. The highest BCUT2D eigenvalue weighted by atomic mass is 32.2. The number of para-hydroxylation sites is 2. The molecule has 0 radical (unpaired) electrons. The number of thioether (sulfide) groups is 1. The van der Waals surface area contributed by atoms with Gasteiger partial charge in [-0.3, -0.25) is 9.20 Å². The van der Waals surface area contributed by atoms with Crippen LogP contribution in [0.1, 0.15) is 0 Å². The number of aromatic nitrogens is 4. The minimum atomic E-state index is -0.155. The van der Waals surface area contributed by atoms with Crippen LogP contribution in [0, 0.1) is 0 Å². The summed E-state index contributed by atoms with van der Waals surface area (Å²) in [5.41, 5.74) is 1.28. The highest BCUT2D eigenvalue weighted by molar-refractivity contribution is 7.99. The van der Waals surface area contributed by atoms with Gasteiger partial charge in [-0.1, -0.05) is 48.2 Å². The zero-order valence-electron chi connectivity index (χ0n) is 17.3. The first-order valence-electron chi connectivity index (χ1n) is 10.1. The molecule has 8 heteroatoms. The predicted molar refractivity (Wildman–Crippen MR) is 125 cm³/mol. The number of ether oxygens (including phenoxy) is 2. The Hall–Kier alpha value is -3.78. The number of hydrogen-bond donors (Lipinski definition) is 0. The van der Waals surface area contributed by atoms with E-state index in [9.17, 15) is 4.79 Å². The van der Waals surface area contributed by atoms with Gasteiger partial charge in [0.25, 0.3) is 5.56 Å². The molecule has 0 N–H and O–H groups in total. The van der Waals surface area contributed by atoms with E-state index in [1.165, 1.54) is 11.8 Å². The molecule has 0 unspecified atom stereocenters. The van der Waals surface area contributed by atoms with E-state index in [1.54, 1.807) is 11.7 Å². The molecule has 2 heterocycles. The second-order valence-electron chi connectivity index (χ2n) is 6.99. The monoisotopic (exact) mass is 444 g/mol. The first-order chi connectivity index (χ1) is 15.8. The van der Waals surface area contributed by atoms with E-state index in [2.05, 4.69) is 10.2 Å². The second-order valence-corrected chi connectivity index (χ2v) is 8.05. The van der Waals surface area contributed by atoms with Gasteiger partial charge < -0.3 is 9.47 Å². The van der Waals surface area contributed by atoms with E-state index in [1.807, 2.05) is 83.3 Å². The van der Waals surface area contributed by atoms with Crippen molar-refractivity contribution >= 4 is 28.4 Å². The van der Waals surface area contributed by atoms with Crippen LogP contribution in [0.2, 0.25) is 0 Å². The molecule has 0 aliphatic rings. The Balaban J connectivity index is 1.56. The fourth-order valence-electron chi connectivity index (χ4n) is 3.56. The van der Waals surface area contributed by atoms with Gasteiger partial charge in [-0.05, 0) is 36.4 Å². The molecule has 0 aliphatic heterocycles. The van der Waals surface area contributed by atoms with Gasteiger partial charge in [0.15, 0.2) is 5.16 Å². The highest BCUT2D eigenvalue weighted by Crippen LogP contribution is 2.24. The van der Waals surface area contributed by atoms with Crippen molar-refractivity contribution in [1.29, 1.82) is 0 Å². The molecule has 0 aliphatic carbocycles. The summed E-state index contributed by atoms with van der Waals surface area (Å²) in [6.45, 7) is 0.525. The van der Waals surface area contributed by atoms with Gasteiger partial charge in [0.2, 0.25) is 5.78 Å². The Labute approximate surface area is 188 Å². The van der Waals surface area contributed by atoms with Crippen molar-refractivity contribution in [2.45, 2.75) is 5.16 Å². The standard InChI is InChI=1S/C24H20N4O3S/c1-30-19-11-7-8-17(16-19)27-22(29)20-12-5-6-13-21(20)28-23(27)25-26-24(28)32-15-14-31-18-9-3-2-4-10-18/h2-13,16H,14-15H2,1H3. The second kappa shape index (κ2) is 8.76. The minimum absolute atomic E-state index is 0.155. The molecule has 0 amide bonds. The summed E-state index contributed by atoms with van der Waals surface area (Å²) in [5.74, 6) is 2.63. The lowest BCUT2D eigenvalue weighted by molar-refractivity contribution is 0.344. The molecular formula is C24H20N4O3S. The quantitative estimate of drug-likeness (QED) is 0.277. The Bertz CT molecular complexity index is 1450. The highest BCUT2D eigenvalue weighted by Gasteiger charge is 2.18. The topological polar surface area (TPSA) is 70.7 Å². The average molecular weight is 445 g/mol. The molecule has 0 atom stereocenters. The van der Waals surface area contributed by atoms with E-state index in [0.717, 1.165) is 11.3 Å². The number of fused-ring (bicyclic) bond motifs is 3. The van der Waals surface area contributed by atoms with Crippen molar-refractivity contribution in [3.05, 3.63) is 89.2 Å². The van der Waals surface area contributed by atoms with Crippen molar-refractivity contribution in [3.63, 3.8) is 0 Å². The van der Waals surface area contributed by atoms with Gasteiger partial charge >= 0.3 is 0 Å². The van der Waals surface area contributed by atoms with Gasteiger partial charge in [-0.15, -0.1) is 10.2 Å². The number of nitrogens with zero attached hydrogens (tertiary/aromatic N) is 4. The van der Waals surface area contributed by atoms with Gasteiger partial charge in [0, 0.05) is 11.8 Å². The van der Waals surface area contributed by atoms with Crippen molar-refractivity contribution in [2.24, 2.45) is 0 Å². The van der Waals surface area contributed by atoms with Crippen molar-refractivity contribution < 1.29 is 9.47 Å². The van der Waals surface area contributed by atoms with E-state index >= 15 is 0 Å². The van der Waals surface area contributed by atoms with Gasteiger partial charge in [0.1, 0.15) is 11.5 Å². The maximum Gasteiger partial charge on any atom is 0.267 e. The molecule has 0 saturated carbocycles. The number of benzene rings is 3. The zero-order chi connectivity index (χ0) is 21.9. The Morgan fingerprint density at radius 2 is 1.69 bits per heavy atom. The minimum Gasteiger partial charge on any atom is -0.497 e. The van der Waals surface area contributed by atoms with Crippen molar-refractivity contribution in [1.82, 2.24) is 19.2 Å². The van der Waals surface area contributed by atoms with Gasteiger partial charge in [0.05, 0.1) is 30.3 Å². The molecule has 5 rings (SSSR count). The van der Waals surface area contributed by atoms with Crippen molar-refractivity contribution in [2.75, 3.05) is 19.5 Å². The number of rotatable bonds is 7. The summed E-state index contributed by atoms with van der Waals surface area (Å²) in [7, 11) is 1.60. The summed E-state index contributed by atoms with van der Waals surface area (Å²) < 4.78 is 14.6. The predicted octanol–water partition coefficient (Wildman–Crippen LogP) is 4.21. The molecular weight excluding hydrogens is 424 g/mol. The lowest BCUT2D eigenvalue weighted by Gasteiger charge is -2.12. The molecule has 0 saturated heterocycles. The van der Waals surface area contributed by atoms with E-state index in [0.29, 0.717) is 40.1 Å². The van der Waals surface area contributed by atoms with Crippen LogP contribution in [0.5, 0.6) is 11.5 Å². The number of methoxy groups -OCH3 is 1. The van der Waals surface area contributed by atoms with E-state index in [4.69, 9.17) is 9.47 Å².